The van der Waals surface area contributed by atoms with Crippen LogP contribution in [-0.4, -0.2) is 22.4 Å². The number of aliphatic hydroxyl groups excluding tert-OH is 1. The molecule has 0 bridgehead atoms. The number of alkyl halides is 2. The lowest BCUT2D eigenvalue weighted by Gasteiger charge is -2.38. The Balaban J connectivity index is 2.08. The minimum atomic E-state index is -2.97. The van der Waals surface area contributed by atoms with Crippen molar-refractivity contribution in [2.24, 2.45) is 5.92 Å². The molecule has 0 heterocycles. The van der Waals surface area contributed by atoms with Gasteiger partial charge in [0.15, 0.2) is 0 Å². The number of thioether (sulfide) groups is 1. The van der Waals surface area contributed by atoms with Gasteiger partial charge >= 0.3 is 0 Å². The van der Waals surface area contributed by atoms with Gasteiger partial charge in [-0.3, -0.25) is 0 Å². The van der Waals surface area contributed by atoms with Crippen molar-refractivity contribution in [1.82, 2.24) is 0 Å². The number of halogens is 2. The van der Waals surface area contributed by atoms with E-state index in [4.69, 9.17) is 0 Å². The SMILES string of the molecule is Cc1ccc(S[C@@H]2CC[C@@H](C)C(F)(F)[C@@H]2O)cc1. The Kier molecular flexibility index (Phi) is 3.97. The van der Waals surface area contributed by atoms with Crippen LogP contribution >= 0.6 is 11.8 Å². The van der Waals surface area contributed by atoms with E-state index < -0.39 is 23.2 Å². The predicted molar refractivity (Wildman–Crippen MR) is 70.2 cm³/mol. The van der Waals surface area contributed by atoms with Crippen LogP contribution in [-0.2, 0) is 0 Å². The van der Waals surface area contributed by atoms with E-state index in [1.165, 1.54) is 18.7 Å². The Hall–Kier alpha value is -0.610. The lowest BCUT2D eigenvalue weighted by Crippen LogP contribution is -2.49. The van der Waals surface area contributed by atoms with E-state index in [0.717, 1.165) is 10.5 Å². The van der Waals surface area contributed by atoms with E-state index in [-0.39, 0.29) is 0 Å². The summed E-state index contributed by atoms with van der Waals surface area (Å²) >= 11 is 1.36. The molecule has 0 saturated heterocycles. The largest absolute Gasteiger partial charge is 0.386 e. The molecule has 3 atom stereocenters. The van der Waals surface area contributed by atoms with Gasteiger partial charge in [-0.05, 0) is 31.9 Å². The fourth-order valence-corrected chi connectivity index (χ4v) is 3.43. The third-order valence-corrected chi connectivity index (χ3v) is 4.94. The van der Waals surface area contributed by atoms with Crippen LogP contribution in [0.3, 0.4) is 0 Å². The van der Waals surface area contributed by atoms with Gasteiger partial charge in [0.05, 0.1) is 0 Å². The molecular formula is C14H18F2OS. The number of benzene rings is 1. The van der Waals surface area contributed by atoms with Crippen molar-refractivity contribution in [3.63, 3.8) is 0 Å². The fraction of sp³-hybridized carbons (Fsp3) is 0.571. The third kappa shape index (κ3) is 2.69. The molecule has 0 aliphatic heterocycles. The predicted octanol–water partition coefficient (Wildman–Crippen LogP) is 3.88. The van der Waals surface area contributed by atoms with Gasteiger partial charge in [-0.2, -0.15) is 0 Å². The minimum absolute atomic E-state index is 0.418. The molecule has 0 unspecified atom stereocenters. The molecule has 1 aromatic rings. The van der Waals surface area contributed by atoms with Crippen LogP contribution in [0.2, 0.25) is 0 Å². The Labute approximate surface area is 111 Å². The van der Waals surface area contributed by atoms with Crippen LogP contribution in [0, 0.1) is 12.8 Å². The molecule has 1 nitrogen and oxygen atoms in total. The maximum Gasteiger partial charge on any atom is 0.277 e. The normalized spacial score (nSPS) is 31.3. The summed E-state index contributed by atoms with van der Waals surface area (Å²) in [7, 11) is 0. The van der Waals surface area contributed by atoms with Gasteiger partial charge in [0.2, 0.25) is 0 Å². The molecule has 1 N–H and O–H groups in total. The molecule has 0 spiro atoms. The molecule has 18 heavy (non-hydrogen) atoms. The Morgan fingerprint density at radius 3 is 2.44 bits per heavy atom. The highest BCUT2D eigenvalue weighted by Gasteiger charge is 2.51. The van der Waals surface area contributed by atoms with Gasteiger partial charge in [-0.1, -0.05) is 24.6 Å². The number of rotatable bonds is 2. The van der Waals surface area contributed by atoms with Crippen molar-refractivity contribution in [1.29, 1.82) is 0 Å². The number of aliphatic hydroxyl groups is 1. The van der Waals surface area contributed by atoms with Crippen molar-refractivity contribution >= 4 is 11.8 Å². The van der Waals surface area contributed by atoms with Crippen molar-refractivity contribution in [2.75, 3.05) is 0 Å². The summed E-state index contributed by atoms with van der Waals surface area (Å²) in [5.41, 5.74) is 1.14. The highest BCUT2D eigenvalue weighted by molar-refractivity contribution is 8.00. The van der Waals surface area contributed by atoms with Crippen molar-refractivity contribution in [2.45, 2.75) is 48.9 Å². The smallest absolute Gasteiger partial charge is 0.277 e. The topological polar surface area (TPSA) is 20.2 Å². The monoisotopic (exact) mass is 272 g/mol. The summed E-state index contributed by atoms with van der Waals surface area (Å²) in [6.07, 6.45) is -0.447. The van der Waals surface area contributed by atoms with E-state index in [1.807, 2.05) is 31.2 Å². The van der Waals surface area contributed by atoms with Crippen molar-refractivity contribution < 1.29 is 13.9 Å². The van der Waals surface area contributed by atoms with Gasteiger partial charge in [0.25, 0.3) is 5.92 Å². The number of aryl methyl sites for hydroxylation is 1. The third-order valence-electron chi connectivity index (χ3n) is 3.60. The lowest BCUT2D eigenvalue weighted by atomic mass is 9.84. The minimum Gasteiger partial charge on any atom is -0.386 e. The average molecular weight is 272 g/mol. The second-order valence-corrected chi connectivity index (χ2v) is 6.38. The van der Waals surface area contributed by atoms with Gasteiger partial charge in [-0.15, -0.1) is 11.8 Å². The summed E-state index contributed by atoms with van der Waals surface area (Å²) in [5.74, 6) is -3.71. The first-order valence-electron chi connectivity index (χ1n) is 6.20. The second-order valence-electron chi connectivity index (χ2n) is 5.07. The van der Waals surface area contributed by atoms with Gasteiger partial charge in [0.1, 0.15) is 6.10 Å². The molecule has 1 aromatic carbocycles. The quantitative estimate of drug-likeness (QED) is 0.881. The molecular weight excluding hydrogens is 254 g/mol. The van der Waals surface area contributed by atoms with Crippen LogP contribution in [0.5, 0.6) is 0 Å². The maximum absolute atomic E-state index is 13.7. The maximum atomic E-state index is 13.7. The first-order valence-corrected chi connectivity index (χ1v) is 7.08. The molecule has 0 radical (unpaired) electrons. The van der Waals surface area contributed by atoms with Crippen LogP contribution in [0.15, 0.2) is 29.2 Å². The highest BCUT2D eigenvalue weighted by Crippen LogP contribution is 2.44. The molecule has 100 valence electrons. The molecule has 1 saturated carbocycles. The summed E-state index contributed by atoms with van der Waals surface area (Å²) in [5, 5.41) is 9.39. The Morgan fingerprint density at radius 1 is 1.22 bits per heavy atom. The van der Waals surface area contributed by atoms with Gasteiger partial charge < -0.3 is 5.11 Å². The summed E-state index contributed by atoms with van der Waals surface area (Å²) in [6, 6.07) is 7.75. The van der Waals surface area contributed by atoms with E-state index >= 15 is 0 Å². The van der Waals surface area contributed by atoms with Gasteiger partial charge in [-0.25, -0.2) is 8.78 Å². The fourth-order valence-electron chi connectivity index (χ4n) is 2.22. The van der Waals surface area contributed by atoms with Crippen LogP contribution < -0.4 is 0 Å². The highest BCUT2D eigenvalue weighted by atomic mass is 32.2. The van der Waals surface area contributed by atoms with Crippen LogP contribution in [0.4, 0.5) is 8.78 Å². The molecule has 2 rings (SSSR count). The Morgan fingerprint density at radius 2 is 1.83 bits per heavy atom. The van der Waals surface area contributed by atoms with Crippen LogP contribution in [0.25, 0.3) is 0 Å². The molecule has 1 fully saturated rings. The average Bonchev–Trinajstić information content (AvgIpc) is 2.33. The molecule has 1 aliphatic rings. The Bertz CT molecular complexity index is 405. The second kappa shape index (κ2) is 5.17. The van der Waals surface area contributed by atoms with Crippen molar-refractivity contribution in [3.8, 4) is 0 Å². The molecule has 0 aromatic heterocycles. The van der Waals surface area contributed by atoms with Gasteiger partial charge in [0, 0.05) is 16.1 Å². The zero-order valence-corrected chi connectivity index (χ0v) is 11.4. The summed E-state index contributed by atoms with van der Waals surface area (Å²) < 4.78 is 27.5. The zero-order valence-electron chi connectivity index (χ0n) is 10.6. The van der Waals surface area contributed by atoms with Crippen molar-refractivity contribution in [3.05, 3.63) is 29.8 Å². The van der Waals surface area contributed by atoms with Crippen LogP contribution in [0.1, 0.15) is 25.3 Å². The molecule has 0 amide bonds. The molecule has 4 heteroatoms. The standard InChI is InChI=1S/C14H18F2OS/c1-9-3-6-11(7-4-9)18-12-8-5-10(2)14(15,16)13(12)17/h3-4,6-7,10,12-13,17H,5,8H2,1-2H3/t10-,12-,13-/m1/s1. The van der Waals surface area contributed by atoms with E-state index in [2.05, 4.69) is 0 Å². The van der Waals surface area contributed by atoms with E-state index in [9.17, 15) is 13.9 Å². The summed E-state index contributed by atoms with van der Waals surface area (Å²) in [6.45, 7) is 3.50. The first-order chi connectivity index (χ1) is 8.41. The number of hydrogen-bond acceptors (Lipinski definition) is 2. The molecule has 1 aliphatic carbocycles. The summed E-state index contributed by atoms with van der Waals surface area (Å²) in [4.78, 5) is 0.940. The van der Waals surface area contributed by atoms with E-state index in [0.29, 0.717) is 12.8 Å². The first kappa shape index (κ1) is 13.8. The number of hydrogen-bond donors (Lipinski definition) is 1. The van der Waals surface area contributed by atoms with E-state index in [1.54, 1.807) is 0 Å². The zero-order chi connectivity index (χ0) is 13.3. The lowest BCUT2D eigenvalue weighted by molar-refractivity contribution is -0.160.